The van der Waals surface area contributed by atoms with Crippen molar-refractivity contribution < 1.29 is 9.90 Å². The molecule has 0 aromatic heterocycles. The third-order valence-electron chi connectivity index (χ3n) is 4.40. The Morgan fingerprint density at radius 2 is 2.29 bits per heavy atom. The van der Waals surface area contributed by atoms with E-state index in [0.29, 0.717) is 18.4 Å². The molecule has 0 aromatic rings. The topological polar surface area (TPSA) is 63.3 Å². The Bertz CT molecular complexity index is 248. The second-order valence-electron chi connectivity index (χ2n) is 5.18. The molecule has 0 aromatic carbocycles. The van der Waals surface area contributed by atoms with Gasteiger partial charge in [-0.2, -0.15) is 0 Å². The zero-order chi connectivity index (χ0) is 10.3. The minimum absolute atomic E-state index is 0.0631. The van der Waals surface area contributed by atoms with Crippen molar-refractivity contribution in [3.05, 3.63) is 0 Å². The van der Waals surface area contributed by atoms with Crippen LogP contribution in [-0.2, 0) is 4.79 Å². The van der Waals surface area contributed by atoms with E-state index in [9.17, 15) is 4.79 Å². The van der Waals surface area contributed by atoms with Gasteiger partial charge in [-0.3, -0.25) is 4.79 Å². The average Bonchev–Trinajstić information content (AvgIpc) is 2.37. The molecule has 2 saturated carbocycles. The lowest BCUT2D eigenvalue weighted by molar-refractivity contribution is -0.146. The van der Waals surface area contributed by atoms with E-state index in [-0.39, 0.29) is 11.8 Å². The van der Waals surface area contributed by atoms with E-state index >= 15 is 0 Å². The van der Waals surface area contributed by atoms with E-state index in [4.69, 9.17) is 10.8 Å². The van der Waals surface area contributed by atoms with Crippen LogP contribution < -0.4 is 5.73 Å². The summed E-state index contributed by atoms with van der Waals surface area (Å²) in [7, 11) is 0. The van der Waals surface area contributed by atoms with Crippen LogP contribution >= 0.6 is 0 Å². The van der Waals surface area contributed by atoms with Crippen molar-refractivity contribution in [1.82, 2.24) is 0 Å². The number of hydrogen-bond acceptors (Lipinski definition) is 2. The van der Waals surface area contributed by atoms with E-state index in [0.717, 1.165) is 12.3 Å². The third kappa shape index (κ3) is 1.26. The number of hydrogen-bond donors (Lipinski definition) is 2. The predicted molar refractivity (Wildman–Crippen MR) is 53.7 cm³/mol. The van der Waals surface area contributed by atoms with Gasteiger partial charge in [0.15, 0.2) is 0 Å². The normalized spacial score (nSPS) is 45.7. The van der Waals surface area contributed by atoms with Crippen LogP contribution in [0.1, 0.15) is 32.6 Å². The Morgan fingerprint density at radius 1 is 1.57 bits per heavy atom. The second-order valence-corrected chi connectivity index (χ2v) is 5.18. The molecular weight excluding hydrogens is 178 g/mol. The summed E-state index contributed by atoms with van der Waals surface area (Å²) >= 11 is 0. The van der Waals surface area contributed by atoms with Crippen LogP contribution in [0.3, 0.4) is 0 Å². The van der Waals surface area contributed by atoms with E-state index < -0.39 is 5.97 Å². The van der Waals surface area contributed by atoms with Crippen molar-refractivity contribution >= 4 is 5.97 Å². The quantitative estimate of drug-likeness (QED) is 0.720. The van der Waals surface area contributed by atoms with E-state index in [1.165, 1.54) is 12.8 Å². The van der Waals surface area contributed by atoms with Gasteiger partial charge in [0.1, 0.15) is 0 Å². The summed E-state index contributed by atoms with van der Waals surface area (Å²) in [5.74, 6) is 1.35. The maximum Gasteiger partial charge on any atom is 0.303 e. The van der Waals surface area contributed by atoms with Crippen molar-refractivity contribution in [2.45, 2.75) is 32.6 Å². The summed E-state index contributed by atoms with van der Waals surface area (Å²) in [5, 5.41) is 8.90. The molecule has 2 aliphatic carbocycles. The maximum atomic E-state index is 10.8. The van der Waals surface area contributed by atoms with Crippen LogP contribution in [-0.4, -0.2) is 17.6 Å². The lowest BCUT2D eigenvalue weighted by Crippen LogP contribution is -2.53. The van der Waals surface area contributed by atoms with Crippen molar-refractivity contribution in [2.24, 2.45) is 28.9 Å². The monoisotopic (exact) mass is 197 g/mol. The van der Waals surface area contributed by atoms with Gasteiger partial charge in [0.25, 0.3) is 0 Å². The summed E-state index contributed by atoms with van der Waals surface area (Å²) in [5.41, 5.74) is 5.71. The zero-order valence-electron chi connectivity index (χ0n) is 8.70. The largest absolute Gasteiger partial charge is 0.481 e. The fourth-order valence-corrected chi connectivity index (χ4v) is 3.91. The summed E-state index contributed by atoms with van der Waals surface area (Å²) in [6.07, 6.45) is 3.86. The van der Waals surface area contributed by atoms with Crippen molar-refractivity contribution in [3.8, 4) is 0 Å². The third-order valence-corrected chi connectivity index (χ3v) is 4.40. The summed E-state index contributed by atoms with van der Waals surface area (Å²) in [6.45, 7) is 2.79. The van der Waals surface area contributed by atoms with Gasteiger partial charge < -0.3 is 10.8 Å². The van der Waals surface area contributed by atoms with E-state index in [2.05, 4.69) is 6.92 Å². The molecule has 0 spiro atoms. The van der Waals surface area contributed by atoms with Crippen molar-refractivity contribution in [2.75, 3.05) is 6.54 Å². The first-order valence-corrected chi connectivity index (χ1v) is 5.51. The Hall–Kier alpha value is -0.570. The van der Waals surface area contributed by atoms with Crippen molar-refractivity contribution in [3.63, 3.8) is 0 Å². The highest BCUT2D eigenvalue weighted by Gasteiger charge is 2.57. The molecule has 14 heavy (non-hydrogen) atoms. The molecule has 3 nitrogen and oxygen atoms in total. The highest BCUT2D eigenvalue weighted by atomic mass is 16.4. The first-order valence-electron chi connectivity index (χ1n) is 5.51. The Kier molecular flexibility index (Phi) is 2.30. The van der Waals surface area contributed by atoms with Gasteiger partial charge in [-0.15, -0.1) is 0 Å². The first kappa shape index (κ1) is 9.97. The Morgan fingerprint density at radius 3 is 2.79 bits per heavy atom. The molecule has 0 radical (unpaired) electrons. The van der Waals surface area contributed by atoms with Crippen LogP contribution in [0.2, 0.25) is 0 Å². The van der Waals surface area contributed by atoms with Gasteiger partial charge in [-0.1, -0.05) is 13.3 Å². The lowest BCUT2D eigenvalue weighted by Gasteiger charge is -2.53. The SMILES string of the molecule is C[C@H]1CC[C@H]2C[C@](CN)(CC(=O)O)[C@H]21. The van der Waals surface area contributed by atoms with Crippen LogP contribution in [0.5, 0.6) is 0 Å². The molecule has 0 unspecified atom stereocenters. The second kappa shape index (κ2) is 3.23. The van der Waals surface area contributed by atoms with E-state index in [1.807, 2.05) is 0 Å². The molecule has 3 heteroatoms. The average molecular weight is 197 g/mol. The molecule has 0 bridgehead atoms. The fourth-order valence-electron chi connectivity index (χ4n) is 3.91. The van der Waals surface area contributed by atoms with Gasteiger partial charge in [-0.05, 0) is 42.6 Å². The molecule has 0 amide bonds. The summed E-state index contributed by atoms with van der Waals surface area (Å²) in [6, 6.07) is 0. The molecule has 2 fully saturated rings. The minimum atomic E-state index is -0.687. The highest BCUT2D eigenvalue weighted by Crippen LogP contribution is 2.62. The first-order chi connectivity index (χ1) is 6.59. The molecule has 2 rings (SSSR count). The lowest BCUT2D eigenvalue weighted by atomic mass is 9.52. The summed E-state index contributed by atoms with van der Waals surface area (Å²) in [4.78, 5) is 10.8. The Labute approximate surface area is 84.7 Å². The molecule has 3 N–H and O–H groups in total. The number of rotatable bonds is 3. The number of carboxylic acids is 1. The van der Waals surface area contributed by atoms with Gasteiger partial charge in [0.2, 0.25) is 0 Å². The molecular formula is C11H19NO2. The molecule has 80 valence electrons. The number of carbonyl (C=O) groups is 1. The van der Waals surface area contributed by atoms with Crippen LogP contribution in [0.25, 0.3) is 0 Å². The standard InChI is InChI=1S/C11H19NO2/c1-7-2-3-8-4-11(6-12,10(7)8)5-9(13)14/h7-8,10H,2-6,12H2,1H3,(H,13,14)/t7-,8-,10-,11+/m0/s1. The molecule has 0 heterocycles. The van der Waals surface area contributed by atoms with Gasteiger partial charge in [0, 0.05) is 0 Å². The minimum Gasteiger partial charge on any atom is -0.481 e. The van der Waals surface area contributed by atoms with Gasteiger partial charge in [-0.25, -0.2) is 0 Å². The van der Waals surface area contributed by atoms with Crippen molar-refractivity contribution in [1.29, 1.82) is 0 Å². The molecule has 2 aliphatic rings. The smallest absolute Gasteiger partial charge is 0.303 e. The van der Waals surface area contributed by atoms with E-state index in [1.54, 1.807) is 0 Å². The summed E-state index contributed by atoms with van der Waals surface area (Å²) < 4.78 is 0. The highest BCUT2D eigenvalue weighted by molar-refractivity contribution is 5.68. The maximum absolute atomic E-state index is 10.8. The number of carboxylic acid groups (broad SMARTS) is 1. The van der Waals surface area contributed by atoms with Crippen LogP contribution in [0.15, 0.2) is 0 Å². The number of aliphatic carboxylic acids is 1. The van der Waals surface area contributed by atoms with Gasteiger partial charge >= 0.3 is 5.97 Å². The Balaban J connectivity index is 2.11. The fraction of sp³-hybridized carbons (Fsp3) is 0.909. The number of fused-ring (bicyclic) bond motifs is 1. The zero-order valence-corrected chi connectivity index (χ0v) is 8.70. The van der Waals surface area contributed by atoms with Gasteiger partial charge in [0.05, 0.1) is 6.42 Å². The molecule has 4 atom stereocenters. The number of nitrogens with two attached hydrogens (primary N) is 1. The van der Waals surface area contributed by atoms with Crippen LogP contribution in [0.4, 0.5) is 0 Å². The molecule has 0 saturated heterocycles. The molecule has 0 aliphatic heterocycles. The predicted octanol–water partition coefficient (Wildman–Crippen LogP) is 1.47. The van der Waals surface area contributed by atoms with Crippen LogP contribution in [0, 0.1) is 23.2 Å².